The van der Waals surface area contributed by atoms with Gasteiger partial charge in [-0.2, -0.15) is 4.68 Å². The van der Waals surface area contributed by atoms with Crippen LogP contribution in [0.15, 0.2) is 68.5 Å². The van der Waals surface area contributed by atoms with Crippen LogP contribution in [0.25, 0.3) is 27.2 Å². The van der Waals surface area contributed by atoms with Crippen molar-refractivity contribution in [2.45, 2.75) is 17.3 Å². The number of aromatic nitrogens is 6. The van der Waals surface area contributed by atoms with Gasteiger partial charge in [0.1, 0.15) is 16.4 Å². The fourth-order valence-electron chi connectivity index (χ4n) is 2.97. The zero-order chi connectivity index (χ0) is 19.8. The van der Waals surface area contributed by atoms with Gasteiger partial charge in [0, 0.05) is 10.9 Å². The van der Waals surface area contributed by atoms with Gasteiger partial charge in [-0.25, -0.2) is 4.98 Å². The molecule has 1 aromatic carbocycles. The standard InChI is InChI=1S/C19H14N6O2S2/c1-11(29-19-22-23-24-25(19)12-6-3-2-4-7-12)16-20-17(26)15-13(10-28-18(15)21-16)14-8-5-9-27-14/h2-11H,1H3,(H,20,21,26). The van der Waals surface area contributed by atoms with Crippen LogP contribution in [0.4, 0.5) is 0 Å². The third-order valence-electron chi connectivity index (χ3n) is 4.36. The Hall–Kier alpha value is -3.24. The Balaban J connectivity index is 1.48. The van der Waals surface area contributed by atoms with Crippen molar-refractivity contribution in [2.75, 3.05) is 0 Å². The highest BCUT2D eigenvalue weighted by Crippen LogP contribution is 2.35. The SMILES string of the molecule is CC(Sc1nnnn1-c1ccccc1)c1nc2scc(-c3ccco3)c2c(=O)[nH]1. The number of H-pyrrole nitrogens is 1. The number of nitrogens with one attached hydrogen (secondary N) is 1. The first-order valence-corrected chi connectivity index (χ1v) is 10.5. The molecule has 1 atom stereocenters. The lowest BCUT2D eigenvalue weighted by Crippen LogP contribution is -2.12. The third kappa shape index (κ3) is 3.26. The molecule has 0 aliphatic rings. The van der Waals surface area contributed by atoms with Crippen LogP contribution in [0.5, 0.6) is 0 Å². The maximum Gasteiger partial charge on any atom is 0.260 e. The van der Waals surface area contributed by atoms with Crippen molar-refractivity contribution in [1.82, 2.24) is 30.2 Å². The molecule has 0 spiro atoms. The van der Waals surface area contributed by atoms with Crippen molar-refractivity contribution >= 4 is 33.3 Å². The van der Waals surface area contributed by atoms with E-state index in [0.717, 1.165) is 11.3 Å². The van der Waals surface area contributed by atoms with E-state index >= 15 is 0 Å². The van der Waals surface area contributed by atoms with Gasteiger partial charge in [0.25, 0.3) is 5.56 Å². The number of fused-ring (bicyclic) bond motifs is 1. The molecule has 5 aromatic rings. The van der Waals surface area contributed by atoms with E-state index in [0.29, 0.717) is 27.0 Å². The zero-order valence-electron chi connectivity index (χ0n) is 15.1. The summed E-state index contributed by atoms with van der Waals surface area (Å²) in [6, 6.07) is 13.3. The molecule has 144 valence electrons. The number of furan rings is 1. The number of hydrogen-bond acceptors (Lipinski definition) is 8. The number of hydrogen-bond donors (Lipinski definition) is 1. The highest BCUT2D eigenvalue weighted by Gasteiger charge is 2.20. The first-order valence-electron chi connectivity index (χ1n) is 8.76. The van der Waals surface area contributed by atoms with Crippen molar-refractivity contribution < 1.29 is 4.42 Å². The summed E-state index contributed by atoms with van der Waals surface area (Å²) in [4.78, 5) is 21.0. The van der Waals surface area contributed by atoms with E-state index in [4.69, 9.17) is 4.42 Å². The van der Waals surface area contributed by atoms with Gasteiger partial charge in [0.2, 0.25) is 5.16 Å². The van der Waals surface area contributed by atoms with Crippen LogP contribution < -0.4 is 5.56 Å². The minimum absolute atomic E-state index is 0.158. The molecule has 1 N–H and O–H groups in total. The molecule has 29 heavy (non-hydrogen) atoms. The van der Waals surface area contributed by atoms with Gasteiger partial charge >= 0.3 is 0 Å². The summed E-state index contributed by atoms with van der Waals surface area (Å²) in [7, 11) is 0. The van der Waals surface area contributed by atoms with Gasteiger partial charge in [-0.15, -0.1) is 16.4 Å². The minimum atomic E-state index is -0.187. The van der Waals surface area contributed by atoms with E-state index in [1.807, 2.05) is 48.7 Å². The topological polar surface area (TPSA) is 102 Å². The van der Waals surface area contributed by atoms with E-state index in [1.54, 1.807) is 17.0 Å². The predicted molar refractivity (Wildman–Crippen MR) is 111 cm³/mol. The molecule has 0 fully saturated rings. The number of tetrazole rings is 1. The van der Waals surface area contributed by atoms with E-state index in [9.17, 15) is 4.79 Å². The van der Waals surface area contributed by atoms with Crippen LogP contribution in [-0.4, -0.2) is 30.2 Å². The van der Waals surface area contributed by atoms with Crippen LogP contribution in [0.3, 0.4) is 0 Å². The second-order valence-corrected chi connectivity index (χ2v) is 8.39. The van der Waals surface area contributed by atoms with Gasteiger partial charge in [0.15, 0.2) is 0 Å². The van der Waals surface area contributed by atoms with Gasteiger partial charge in [-0.05, 0) is 41.6 Å². The summed E-state index contributed by atoms with van der Waals surface area (Å²) in [5.41, 5.74) is 1.43. The van der Waals surface area contributed by atoms with E-state index in [-0.39, 0.29) is 10.8 Å². The molecule has 0 radical (unpaired) electrons. The van der Waals surface area contributed by atoms with E-state index in [1.165, 1.54) is 23.1 Å². The Bertz CT molecular complexity index is 1320. The van der Waals surface area contributed by atoms with Crippen LogP contribution in [-0.2, 0) is 0 Å². The lowest BCUT2D eigenvalue weighted by molar-refractivity contribution is 0.583. The summed E-state index contributed by atoms with van der Waals surface area (Å²) in [6.45, 7) is 1.96. The Morgan fingerprint density at radius 2 is 2.07 bits per heavy atom. The van der Waals surface area contributed by atoms with Gasteiger partial charge in [-0.1, -0.05) is 30.0 Å². The monoisotopic (exact) mass is 422 g/mol. The van der Waals surface area contributed by atoms with Gasteiger partial charge in [0.05, 0.1) is 22.6 Å². The van der Waals surface area contributed by atoms with Crippen molar-refractivity contribution in [3.05, 3.63) is 70.3 Å². The maximum atomic E-state index is 12.8. The third-order valence-corrected chi connectivity index (χ3v) is 6.27. The average molecular weight is 422 g/mol. The molecule has 0 saturated carbocycles. The Morgan fingerprint density at radius 3 is 2.86 bits per heavy atom. The second kappa shape index (κ2) is 7.30. The maximum absolute atomic E-state index is 12.8. The number of para-hydroxylation sites is 1. The molecular formula is C19H14N6O2S2. The number of thioether (sulfide) groups is 1. The number of benzene rings is 1. The molecule has 0 bridgehead atoms. The second-order valence-electron chi connectivity index (χ2n) is 6.23. The highest BCUT2D eigenvalue weighted by atomic mass is 32.2. The molecular weight excluding hydrogens is 408 g/mol. The number of rotatable bonds is 5. The summed E-state index contributed by atoms with van der Waals surface area (Å²) >= 11 is 2.85. The van der Waals surface area contributed by atoms with Crippen LogP contribution >= 0.6 is 23.1 Å². The molecule has 4 aromatic heterocycles. The van der Waals surface area contributed by atoms with E-state index < -0.39 is 0 Å². The molecule has 0 aliphatic carbocycles. The quantitative estimate of drug-likeness (QED) is 0.426. The fourth-order valence-corrected chi connectivity index (χ4v) is 4.77. The predicted octanol–water partition coefficient (Wildman–Crippen LogP) is 4.07. The number of aromatic amines is 1. The lowest BCUT2D eigenvalue weighted by Gasteiger charge is -2.10. The molecule has 0 aliphatic heterocycles. The summed E-state index contributed by atoms with van der Waals surface area (Å²) in [6.07, 6.45) is 1.59. The average Bonchev–Trinajstić information content (AvgIpc) is 3.48. The summed E-state index contributed by atoms with van der Waals surface area (Å²) in [5, 5.41) is 14.9. The van der Waals surface area contributed by atoms with Crippen LogP contribution in [0.2, 0.25) is 0 Å². The number of thiophene rings is 1. The van der Waals surface area contributed by atoms with Gasteiger partial charge in [-0.3, -0.25) is 4.79 Å². The zero-order valence-corrected chi connectivity index (χ0v) is 16.8. The smallest absolute Gasteiger partial charge is 0.260 e. The Labute approximate surface area is 172 Å². The summed E-state index contributed by atoms with van der Waals surface area (Å²) < 4.78 is 7.11. The van der Waals surface area contributed by atoms with Gasteiger partial charge < -0.3 is 9.40 Å². The molecule has 5 rings (SSSR count). The fraction of sp³-hybridized carbons (Fsp3) is 0.105. The van der Waals surface area contributed by atoms with Crippen molar-refractivity contribution in [3.63, 3.8) is 0 Å². The van der Waals surface area contributed by atoms with Crippen molar-refractivity contribution in [3.8, 4) is 17.0 Å². The Morgan fingerprint density at radius 1 is 1.21 bits per heavy atom. The summed E-state index contributed by atoms with van der Waals surface area (Å²) in [5.74, 6) is 1.23. The molecule has 0 amide bonds. The molecule has 4 heterocycles. The first-order chi connectivity index (χ1) is 14.2. The largest absolute Gasteiger partial charge is 0.464 e. The van der Waals surface area contributed by atoms with E-state index in [2.05, 4.69) is 25.5 Å². The highest BCUT2D eigenvalue weighted by molar-refractivity contribution is 7.99. The van der Waals surface area contributed by atoms with Crippen molar-refractivity contribution in [1.29, 1.82) is 0 Å². The molecule has 8 nitrogen and oxygen atoms in total. The minimum Gasteiger partial charge on any atom is -0.464 e. The molecule has 0 saturated heterocycles. The number of nitrogens with zero attached hydrogens (tertiary/aromatic N) is 5. The Kier molecular flexibility index (Phi) is 4.49. The van der Waals surface area contributed by atoms with Crippen LogP contribution in [0.1, 0.15) is 18.0 Å². The first kappa shape index (κ1) is 17.8. The molecule has 1 unspecified atom stereocenters. The van der Waals surface area contributed by atoms with Crippen molar-refractivity contribution in [2.24, 2.45) is 0 Å². The molecule has 10 heteroatoms. The normalized spacial score (nSPS) is 12.4. The van der Waals surface area contributed by atoms with Crippen LogP contribution in [0, 0.1) is 0 Å². The lowest BCUT2D eigenvalue weighted by atomic mass is 10.2.